The Kier molecular flexibility index (Phi) is 4.65. The van der Waals surface area contributed by atoms with Crippen molar-refractivity contribution in [3.8, 4) is 5.75 Å². The van der Waals surface area contributed by atoms with Crippen LogP contribution in [0.3, 0.4) is 0 Å². The number of carbonyl (C=O) groups excluding carboxylic acids is 1. The van der Waals surface area contributed by atoms with Gasteiger partial charge in [-0.3, -0.25) is 9.59 Å². The summed E-state index contributed by atoms with van der Waals surface area (Å²) in [7, 11) is 1.41. The standard InChI is InChI=1S/C12H14FNO4/c1-7(12(16)17)14-11(15)5-8-3-4-9(18-2)6-10(8)13/h3-4,6-7H,5H2,1-2H3,(H,14,15)(H,16,17)/t7-/m0/s1. The van der Waals surface area contributed by atoms with Gasteiger partial charge in [-0.2, -0.15) is 0 Å². The lowest BCUT2D eigenvalue weighted by Gasteiger charge is -2.10. The highest BCUT2D eigenvalue weighted by Gasteiger charge is 2.15. The van der Waals surface area contributed by atoms with E-state index in [9.17, 15) is 14.0 Å². The molecule has 0 aromatic heterocycles. The summed E-state index contributed by atoms with van der Waals surface area (Å²) in [6.07, 6.45) is -0.215. The Labute approximate surface area is 104 Å². The van der Waals surface area contributed by atoms with E-state index in [-0.39, 0.29) is 12.0 Å². The minimum atomic E-state index is -1.14. The van der Waals surface area contributed by atoms with Crippen LogP contribution in [0.15, 0.2) is 18.2 Å². The number of benzene rings is 1. The Morgan fingerprint density at radius 3 is 2.67 bits per heavy atom. The summed E-state index contributed by atoms with van der Waals surface area (Å²) in [6, 6.07) is 3.13. The van der Waals surface area contributed by atoms with Crippen LogP contribution in [0.2, 0.25) is 0 Å². The third-order valence-corrected chi connectivity index (χ3v) is 2.36. The quantitative estimate of drug-likeness (QED) is 0.822. The smallest absolute Gasteiger partial charge is 0.325 e. The van der Waals surface area contributed by atoms with Gasteiger partial charge < -0.3 is 15.2 Å². The fourth-order valence-corrected chi connectivity index (χ4v) is 1.33. The van der Waals surface area contributed by atoms with Crippen molar-refractivity contribution in [2.75, 3.05) is 7.11 Å². The topological polar surface area (TPSA) is 75.6 Å². The number of carboxylic acid groups (broad SMARTS) is 1. The first-order valence-electron chi connectivity index (χ1n) is 5.28. The maximum Gasteiger partial charge on any atom is 0.325 e. The average molecular weight is 255 g/mol. The number of methoxy groups -OCH3 is 1. The van der Waals surface area contributed by atoms with E-state index in [4.69, 9.17) is 9.84 Å². The molecule has 0 heterocycles. The summed E-state index contributed by atoms with van der Waals surface area (Å²) in [5.41, 5.74) is 0.186. The van der Waals surface area contributed by atoms with Gasteiger partial charge in [-0.15, -0.1) is 0 Å². The molecule has 1 rings (SSSR count). The number of aliphatic carboxylic acids is 1. The van der Waals surface area contributed by atoms with Gasteiger partial charge in [0, 0.05) is 6.07 Å². The van der Waals surface area contributed by atoms with Crippen LogP contribution < -0.4 is 10.1 Å². The third kappa shape index (κ3) is 3.73. The molecule has 1 amide bonds. The van der Waals surface area contributed by atoms with Crippen molar-refractivity contribution in [1.82, 2.24) is 5.32 Å². The Hall–Kier alpha value is -2.11. The first-order valence-corrected chi connectivity index (χ1v) is 5.28. The SMILES string of the molecule is COc1ccc(CC(=O)N[C@@H](C)C(=O)O)c(F)c1. The number of hydrogen-bond donors (Lipinski definition) is 2. The van der Waals surface area contributed by atoms with Gasteiger partial charge in [0.15, 0.2) is 0 Å². The lowest BCUT2D eigenvalue weighted by molar-refractivity contribution is -0.141. The molecule has 0 bridgehead atoms. The lowest BCUT2D eigenvalue weighted by atomic mass is 10.1. The summed E-state index contributed by atoms with van der Waals surface area (Å²) in [5.74, 6) is -1.89. The minimum absolute atomic E-state index is 0.186. The molecule has 0 spiro atoms. The predicted molar refractivity (Wildman–Crippen MR) is 61.9 cm³/mol. The molecule has 98 valence electrons. The van der Waals surface area contributed by atoms with E-state index < -0.39 is 23.7 Å². The van der Waals surface area contributed by atoms with Gasteiger partial charge >= 0.3 is 5.97 Å². The molecule has 1 atom stereocenters. The second-order valence-electron chi connectivity index (χ2n) is 3.76. The van der Waals surface area contributed by atoms with Crippen LogP contribution in [-0.2, 0) is 16.0 Å². The second kappa shape index (κ2) is 6.00. The number of hydrogen-bond acceptors (Lipinski definition) is 3. The van der Waals surface area contributed by atoms with Crippen molar-refractivity contribution in [2.45, 2.75) is 19.4 Å². The molecule has 0 saturated heterocycles. The molecule has 2 N–H and O–H groups in total. The van der Waals surface area contributed by atoms with Crippen molar-refractivity contribution in [3.05, 3.63) is 29.6 Å². The van der Waals surface area contributed by atoms with Gasteiger partial charge in [-0.05, 0) is 18.6 Å². The number of carboxylic acids is 1. The van der Waals surface area contributed by atoms with Gasteiger partial charge in [0.05, 0.1) is 13.5 Å². The van der Waals surface area contributed by atoms with Gasteiger partial charge in [0.1, 0.15) is 17.6 Å². The van der Waals surface area contributed by atoms with Crippen molar-refractivity contribution >= 4 is 11.9 Å². The van der Waals surface area contributed by atoms with Crippen molar-refractivity contribution in [1.29, 1.82) is 0 Å². The van der Waals surface area contributed by atoms with E-state index in [0.717, 1.165) is 0 Å². The van der Waals surface area contributed by atoms with Crippen LogP contribution in [-0.4, -0.2) is 30.1 Å². The Balaban J connectivity index is 2.67. The third-order valence-electron chi connectivity index (χ3n) is 2.36. The van der Waals surface area contributed by atoms with Crippen LogP contribution in [0, 0.1) is 5.82 Å². The number of carbonyl (C=O) groups is 2. The first-order chi connectivity index (χ1) is 8.43. The molecular weight excluding hydrogens is 241 g/mol. The molecule has 6 heteroatoms. The molecule has 0 aliphatic carbocycles. The number of amides is 1. The second-order valence-corrected chi connectivity index (χ2v) is 3.76. The summed E-state index contributed by atoms with van der Waals surface area (Å²) >= 11 is 0. The zero-order valence-corrected chi connectivity index (χ0v) is 10.1. The fraction of sp³-hybridized carbons (Fsp3) is 0.333. The molecule has 0 radical (unpaired) electrons. The van der Waals surface area contributed by atoms with Crippen molar-refractivity contribution < 1.29 is 23.8 Å². The summed E-state index contributed by atoms with van der Waals surface area (Å²) < 4.78 is 18.3. The Bertz CT molecular complexity index is 461. The highest BCUT2D eigenvalue weighted by molar-refractivity contribution is 5.84. The number of halogens is 1. The lowest BCUT2D eigenvalue weighted by Crippen LogP contribution is -2.39. The maximum absolute atomic E-state index is 13.5. The van der Waals surface area contributed by atoms with Crippen LogP contribution in [0.1, 0.15) is 12.5 Å². The zero-order valence-electron chi connectivity index (χ0n) is 10.1. The predicted octanol–water partition coefficient (Wildman–Crippen LogP) is 0.966. The molecule has 0 aliphatic heterocycles. The molecule has 0 aliphatic rings. The van der Waals surface area contributed by atoms with Crippen LogP contribution in [0.5, 0.6) is 5.75 Å². The molecule has 0 unspecified atom stereocenters. The highest BCUT2D eigenvalue weighted by atomic mass is 19.1. The average Bonchev–Trinajstić information content (AvgIpc) is 2.31. The van der Waals surface area contributed by atoms with Gasteiger partial charge in [-0.25, -0.2) is 4.39 Å². The number of ether oxygens (including phenoxy) is 1. The summed E-state index contributed by atoms with van der Waals surface area (Å²) in [5, 5.41) is 10.9. The zero-order chi connectivity index (χ0) is 13.7. The normalized spacial score (nSPS) is 11.7. The summed E-state index contributed by atoms with van der Waals surface area (Å²) in [4.78, 5) is 22.0. The monoisotopic (exact) mass is 255 g/mol. The van der Waals surface area contributed by atoms with E-state index >= 15 is 0 Å². The number of rotatable bonds is 5. The van der Waals surface area contributed by atoms with Crippen LogP contribution in [0.4, 0.5) is 4.39 Å². The van der Waals surface area contributed by atoms with Gasteiger partial charge in [-0.1, -0.05) is 6.07 Å². The van der Waals surface area contributed by atoms with Crippen molar-refractivity contribution in [2.24, 2.45) is 0 Å². The fourth-order valence-electron chi connectivity index (χ4n) is 1.33. The van der Waals surface area contributed by atoms with Gasteiger partial charge in [0.2, 0.25) is 5.91 Å². The minimum Gasteiger partial charge on any atom is -0.497 e. The van der Waals surface area contributed by atoms with Crippen LogP contribution >= 0.6 is 0 Å². The Morgan fingerprint density at radius 2 is 2.17 bits per heavy atom. The number of nitrogens with one attached hydrogen (secondary N) is 1. The first kappa shape index (κ1) is 14.0. The Morgan fingerprint density at radius 1 is 1.50 bits per heavy atom. The molecule has 0 fully saturated rings. The van der Waals surface area contributed by atoms with Crippen LogP contribution in [0.25, 0.3) is 0 Å². The van der Waals surface area contributed by atoms with E-state index in [1.807, 2.05) is 0 Å². The highest BCUT2D eigenvalue weighted by Crippen LogP contribution is 2.16. The molecule has 0 saturated carbocycles. The molecule has 18 heavy (non-hydrogen) atoms. The molecule has 5 nitrogen and oxygen atoms in total. The molecular formula is C12H14FNO4. The largest absolute Gasteiger partial charge is 0.497 e. The van der Waals surface area contributed by atoms with Gasteiger partial charge in [0.25, 0.3) is 0 Å². The van der Waals surface area contributed by atoms with E-state index in [0.29, 0.717) is 5.75 Å². The van der Waals surface area contributed by atoms with Crippen molar-refractivity contribution in [3.63, 3.8) is 0 Å². The van der Waals surface area contributed by atoms with E-state index in [2.05, 4.69) is 5.32 Å². The molecule has 1 aromatic rings. The molecule has 1 aromatic carbocycles. The van der Waals surface area contributed by atoms with E-state index in [1.165, 1.54) is 32.2 Å². The summed E-state index contributed by atoms with van der Waals surface area (Å²) in [6.45, 7) is 1.34. The van der Waals surface area contributed by atoms with E-state index in [1.54, 1.807) is 0 Å². The maximum atomic E-state index is 13.5.